The lowest BCUT2D eigenvalue weighted by molar-refractivity contribution is -0.113. The van der Waals surface area contributed by atoms with Gasteiger partial charge in [-0.3, -0.25) is 9.59 Å². The van der Waals surface area contributed by atoms with E-state index in [1.165, 1.54) is 22.7 Å². The number of aromatic amines is 1. The highest BCUT2D eigenvalue weighted by atomic mass is 32.2. The minimum atomic E-state index is -0.393. The Balaban J connectivity index is 1.33. The van der Waals surface area contributed by atoms with E-state index in [4.69, 9.17) is 4.74 Å². The minimum absolute atomic E-state index is 0.0482. The summed E-state index contributed by atoms with van der Waals surface area (Å²) in [5.41, 5.74) is 3.07. The number of rotatable bonds is 7. The average Bonchev–Trinajstić information content (AvgIpc) is 3.44. The number of hydrogen-bond donors (Lipinski definition) is 2. The van der Waals surface area contributed by atoms with Crippen LogP contribution >= 0.6 is 34.4 Å². The van der Waals surface area contributed by atoms with E-state index in [0.717, 1.165) is 52.6 Å². The van der Waals surface area contributed by atoms with Crippen LogP contribution < -0.4 is 10.9 Å². The second kappa shape index (κ2) is 10.6. The van der Waals surface area contributed by atoms with Crippen molar-refractivity contribution in [3.8, 4) is 11.1 Å². The molecule has 186 valence electrons. The third-order valence-electron chi connectivity index (χ3n) is 6.09. The van der Waals surface area contributed by atoms with Crippen molar-refractivity contribution in [2.45, 2.75) is 38.3 Å². The van der Waals surface area contributed by atoms with Crippen LogP contribution in [-0.2, 0) is 22.4 Å². The Morgan fingerprint density at radius 1 is 1.28 bits per heavy atom. The third-order valence-corrected chi connectivity index (χ3v) is 9.01. The molecule has 1 amide bonds. The highest BCUT2D eigenvalue weighted by Crippen LogP contribution is 2.40. The first kappa shape index (κ1) is 24.7. The molecule has 1 atom stereocenters. The van der Waals surface area contributed by atoms with E-state index >= 15 is 0 Å². The number of esters is 1. The molecule has 36 heavy (non-hydrogen) atoms. The molecule has 7 nitrogen and oxygen atoms in total. The quantitative estimate of drug-likeness (QED) is 0.176. The Morgan fingerprint density at radius 2 is 2.08 bits per heavy atom. The number of nitrogens with zero attached hydrogens (tertiary/aromatic N) is 1. The summed E-state index contributed by atoms with van der Waals surface area (Å²) in [6.45, 7) is 4.25. The predicted octanol–water partition coefficient (Wildman–Crippen LogP) is 5.75. The number of anilines is 1. The lowest BCUT2D eigenvalue weighted by Gasteiger charge is -2.18. The molecule has 1 aliphatic carbocycles. The molecule has 3 heterocycles. The van der Waals surface area contributed by atoms with Crippen molar-refractivity contribution in [3.63, 3.8) is 0 Å². The van der Waals surface area contributed by atoms with Crippen molar-refractivity contribution in [1.82, 2.24) is 9.97 Å². The monoisotopic (exact) mass is 539 g/mol. The van der Waals surface area contributed by atoms with Crippen LogP contribution in [0.15, 0.2) is 45.7 Å². The van der Waals surface area contributed by atoms with E-state index in [2.05, 4.69) is 22.2 Å². The summed E-state index contributed by atoms with van der Waals surface area (Å²) in [5, 5.41) is 6.32. The molecular formula is C26H25N3O4S3. The molecule has 10 heteroatoms. The van der Waals surface area contributed by atoms with Crippen LogP contribution in [0.1, 0.15) is 41.1 Å². The summed E-state index contributed by atoms with van der Waals surface area (Å²) in [4.78, 5) is 47.5. The first-order chi connectivity index (χ1) is 17.4. The number of thiophene rings is 2. The van der Waals surface area contributed by atoms with Crippen LogP contribution in [0.25, 0.3) is 21.3 Å². The van der Waals surface area contributed by atoms with Gasteiger partial charge in [0.1, 0.15) is 9.83 Å². The molecule has 0 fully saturated rings. The largest absolute Gasteiger partial charge is 0.462 e. The van der Waals surface area contributed by atoms with Crippen molar-refractivity contribution in [3.05, 3.63) is 62.1 Å². The molecule has 3 aromatic heterocycles. The smallest absolute Gasteiger partial charge is 0.341 e. The average molecular weight is 540 g/mol. The Labute approximate surface area is 220 Å². The van der Waals surface area contributed by atoms with Gasteiger partial charge in [0.15, 0.2) is 5.16 Å². The first-order valence-corrected chi connectivity index (χ1v) is 14.4. The molecule has 0 radical (unpaired) electrons. The lowest BCUT2D eigenvalue weighted by atomic mass is 9.88. The Bertz CT molecular complexity index is 1490. The number of hydrogen-bond acceptors (Lipinski definition) is 8. The number of H-pyrrole nitrogens is 1. The van der Waals surface area contributed by atoms with E-state index in [1.807, 2.05) is 35.7 Å². The van der Waals surface area contributed by atoms with Gasteiger partial charge in [-0.1, -0.05) is 49.0 Å². The number of aromatic nitrogens is 2. The molecule has 2 N–H and O–H groups in total. The van der Waals surface area contributed by atoms with Crippen molar-refractivity contribution >= 4 is 61.5 Å². The summed E-state index contributed by atoms with van der Waals surface area (Å²) >= 11 is 4.02. The van der Waals surface area contributed by atoms with Gasteiger partial charge in [-0.15, -0.1) is 22.7 Å². The van der Waals surface area contributed by atoms with Crippen LogP contribution in [0.2, 0.25) is 0 Å². The Kier molecular flexibility index (Phi) is 7.27. The van der Waals surface area contributed by atoms with Gasteiger partial charge in [0, 0.05) is 15.8 Å². The molecule has 0 saturated heterocycles. The third kappa shape index (κ3) is 4.98. The maximum atomic E-state index is 12.9. The first-order valence-electron chi connectivity index (χ1n) is 11.8. The van der Waals surface area contributed by atoms with E-state index in [9.17, 15) is 14.4 Å². The van der Waals surface area contributed by atoms with E-state index < -0.39 is 5.97 Å². The van der Waals surface area contributed by atoms with E-state index in [-0.39, 0.29) is 23.8 Å². The van der Waals surface area contributed by atoms with Crippen molar-refractivity contribution in [1.29, 1.82) is 0 Å². The minimum Gasteiger partial charge on any atom is -0.462 e. The molecule has 1 unspecified atom stereocenters. The summed E-state index contributed by atoms with van der Waals surface area (Å²) in [7, 11) is 0. The fraction of sp³-hybridized carbons (Fsp3) is 0.308. The molecule has 1 aliphatic rings. The van der Waals surface area contributed by atoms with Crippen LogP contribution in [0.3, 0.4) is 0 Å². The molecular weight excluding hydrogens is 515 g/mol. The number of benzene rings is 1. The van der Waals surface area contributed by atoms with Gasteiger partial charge in [0.2, 0.25) is 5.91 Å². The highest BCUT2D eigenvalue weighted by Gasteiger charge is 2.29. The number of ether oxygens (including phenoxy) is 1. The molecule has 0 spiro atoms. The summed E-state index contributed by atoms with van der Waals surface area (Å²) in [5.74, 6) is -0.0678. The summed E-state index contributed by atoms with van der Waals surface area (Å²) in [6.07, 6.45) is 2.71. The van der Waals surface area contributed by atoms with E-state index in [1.54, 1.807) is 6.92 Å². The van der Waals surface area contributed by atoms with Crippen LogP contribution in [0.4, 0.5) is 5.00 Å². The fourth-order valence-electron chi connectivity index (χ4n) is 4.38. The number of carbonyl (C=O) groups excluding carboxylic acids is 2. The van der Waals surface area contributed by atoms with Crippen molar-refractivity contribution < 1.29 is 14.3 Å². The number of nitrogens with one attached hydrogen (secondary N) is 2. The van der Waals surface area contributed by atoms with Crippen LogP contribution in [0, 0.1) is 5.92 Å². The Morgan fingerprint density at radius 3 is 2.86 bits per heavy atom. The van der Waals surface area contributed by atoms with Crippen molar-refractivity contribution in [2.75, 3.05) is 17.7 Å². The molecule has 0 saturated carbocycles. The van der Waals surface area contributed by atoms with Gasteiger partial charge in [-0.2, -0.15) is 0 Å². The lowest BCUT2D eigenvalue weighted by Crippen LogP contribution is -2.18. The normalized spacial score (nSPS) is 15.0. The van der Waals surface area contributed by atoms with Gasteiger partial charge in [0.05, 0.1) is 23.3 Å². The summed E-state index contributed by atoms with van der Waals surface area (Å²) in [6, 6.07) is 9.72. The van der Waals surface area contributed by atoms with Gasteiger partial charge < -0.3 is 15.0 Å². The molecule has 1 aromatic carbocycles. The second-order valence-electron chi connectivity index (χ2n) is 8.68. The number of carbonyl (C=O) groups is 2. The van der Waals surface area contributed by atoms with Crippen molar-refractivity contribution in [2.24, 2.45) is 5.92 Å². The van der Waals surface area contributed by atoms with E-state index in [0.29, 0.717) is 31.9 Å². The topological polar surface area (TPSA) is 101 Å². The van der Waals surface area contributed by atoms with Gasteiger partial charge in [-0.05, 0) is 43.2 Å². The number of amides is 1. The van der Waals surface area contributed by atoms with Gasteiger partial charge >= 0.3 is 5.97 Å². The molecule has 0 bridgehead atoms. The zero-order valence-electron chi connectivity index (χ0n) is 19.9. The molecule has 5 rings (SSSR count). The maximum absolute atomic E-state index is 12.9. The standard InChI is InChI=1S/C26H25N3O4S3/c1-3-33-25(32)21-16-10-9-14(2)11-18(16)36-24(21)27-19(30)13-35-26-28-22(31)20-17(12-34-23(20)29-26)15-7-5-4-6-8-15/h4-8,12,14H,3,9-11,13H2,1-2H3,(H,27,30)(H,28,29,31). The molecule has 4 aromatic rings. The number of thioether (sulfide) groups is 1. The second-order valence-corrected chi connectivity index (χ2v) is 11.6. The SMILES string of the molecule is CCOC(=O)c1c(NC(=O)CSc2nc3scc(-c4ccccc4)c3c(=O)[nH]2)sc2c1CCC(C)C2. The highest BCUT2D eigenvalue weighted by molar-refractivity contribution is 7.99. The zero-order valence-corrected chi connectivity index (χ0v) is 22.3. The number of fused-ring (bicyclic) bond motifs is 2. The van der Waals surface area contributed by atoms with Gasteiger partial charge in [0.25, 0.3) is 5.56 Å². The zero-order chi connectivity index (χ0) is 25.2. The predicted molar refractivity (Wildman–Crippen MR) is 146 cm³/mol. The van der Waals surface area contributed by atoms with Crippen LogP contribution in [-0.4, -0.2) is 34.2 Å². The van der Waals surface area contributed by atoms with Crippen LogP contribution in [0.5, 0.6) is 0 Å². The van der Waals surface area contributed by atoms with Gasteiger partial charge in [-0.25, -0.2) is 9.78 Å². The molecule has 0 aliphatic heterocycles. The summed E-state index contributed by atoms with van der Waals surface area (Å²) < 4.78 is 5.28. The Hall–Kier alpha value is -2.95. The fourth-order valence-corrected chi connectivity index (χ4v) is 7.46. The maximum Gasteiger partial charge on any atom is 0.341 e.